The first-order valence-electron chi connectivity index (χ1n) is 10.0. The summed E-state index contributed by atoms with van der Waals surface area (Å²) in [5, 5.41) is 11.9. The lowest BCUT2D eigenvalue weighted by atomic mass is 9.69. The van der Waals surface area contributed by atoms with Gasteiger partial charge in [0.05, 0.1) is 23.7 Å². The maximum absolute atomic E-state index is 14.5. The predicted molar refractivity (Wildman–Crippen MR) is 110 cm³/mol. The molecule has 1 aliphatic carbocycles. The molecule has 0 radical (unpaired) electrons. The highest BCUT2D eigenvalue weighted by molar-refractivity contribution is 5.95. The molecule has 0 bridgehead atoms. The molecule has 0 aromatic heterocycles. The summed E-state index contributed by atoms with van der Waals surface area (Å²) < 4.78 is 29.0. The number of carbonyl (C=O) groups is 1. The van der Waals surface area contributed by atoms with Crippen LogP contribution in [0.4, 0.5) is 19.3 Å². The fraction of sp³-hybridized carbons (Fsp3) is 0.391. The van der Waals surface area contributed by atoms with Crippen LogP contribution in [0, 0.1) is 23.0 Å². The number of amides is 2. The van der Waals surface area contributed by atoms with Gasteiger partial charge in [0.25, 0.3) is 0 Å². The minimum absolute atomic E-state index is 0.112. The van der Waals surface area contributed by atoms with Crippen LogP contribution in [-0.2, 0) is 5.54 Å². The molecule has 1 aliphatic heterocycles. The Morgan fingerprint density at radius 3 is 2.20 bits per heavy atom. The van der Waals surface area contributed by atoms with Crippen molar-refractivity contribution in [3.63, 3.8) is 0 Å². The van der Waals surface area contributed by atoms with Gasteiger partial charge in [-0.3, -0.25) is 9.80 Å². The summed E-state index contributed by atoms with van der Waals surface area (Å²) >= 11 is 0. The average molecular weight is 410 g/mol. The van der Waals surface area contributed by atoms with E-state index in [1.54, 1.807) is 6.07 Å². The van der Waals surface area contributed by atoms with Crippen LogP contribution in [0.1, 0.15) is 36.8 Å². The molecule has 30 heavy (non-hydrogen) atoms. The van der Waals surface area contributed by atoms with E-state index >= 15 is 0 Å². The Hall–Kier alpha value is -2.98. The molecule has 1 heterocycles. The number of hydrogen-bond donors (Lipinski definition) is 1. The van der Waals surface area contributed by atoms with Gasteiger partial charge in [-0.05, 0) is 57.5 Å². The van der Waals surface area contributed by atoms with Gasteiger partial charge in [-0.1, -0.05) is 30.3 Å². The van der Waals surface area contributed by atoms with Crippen LogP contribution < -0.4 is 10.2 Å². The monoisotopic (exact) mass is 410 g/mol. The Morgan fingerprint density at radius 2 is 1.67 bits per heavy atom. The molecule has 2 amide bonds. The Bertz CT molecular complexity index is 985. The van der Waals surface area contributed by atoms with Crippen molar-refractivity contribution >= 4 is 11.7 Å². The van der Waals surface area contributed by atoms with Gasteiger partial charge in [-0.15, -0.1) is 0 Å². The highest BCUT2D eigenvalue weighted by Crippen LogP contribution is 2.46. The molecule has 7 heteroatoms. The maximum Gasteiger partial charge on any atom is 0.322 e. The second-order valence-electron chi connectivity index (χ2n) is 8.49. The molecule has 2 aromatic rings. The molecule has 2 aliphatic rings. The molecule has 0 atom stereocenters. The molecule has 1 saturated carbocycles. The van der Waals surface area contributed by atoms with Crippen molar-refractivity contribution in [2.24, 2.45) is 0 Å². The summed E-state index contributed by atoms with van der Waals surface area (Å²) in [7, 11) is 4.12. The third-order valence-electron chi connectivity index (χ3n) is 6.70. The minimum atomic E-state index is -0.901. The number of anilines is 1. The van der Waals surface area contributed by atoms with Crippen molar-refractivity contribution in [3.05, 3.63) is 65.2 Å². The summed E-state index contributed by atoms with van der Waals surface area (Å²) in [6.45, 7) is 0.198. The van der Waals surface area contributed by atoms with Gasteiger partial charge in [-0.25, -0.2) is 13.6 Å². The van der Waals surface area contributed by atoms with Gasteiger partial charge >= 0.3 is 6.03 Å². The highest BCUT2D eigenvalue weighted by Gasteiger charge is 2.51. The van der Waals surface area contributed by atoms with E-state index in [0.29, 0.717) is 12.8 Å². The fourth-order valence-corrected chi connectivity index (χ4v) is 4.94. The molecule has 1 spiro atoms. The Balaban J connectivity index is 1.59. The zero-order valence-electron chi connectivity index (χ0n) is 17.1. The third-order valence-corrected chi connectivity index (χ3v) is 6.70. The molecular weight excluding hydrogens is 386 g/mol. The topological polar surface area (TPSA) is 59.4 Å². The van der Waals surface area contributed by atoms with Gasteiger partial charge in [0.15, 0.2) is 11.6 Å². The van der Waals surface area contributed by atoms with Crippen LogP contribution in [0.25, 0.3) is 0 Å². The van der Waals surface area contributed by atoms with E-state index in [9.17, 15) is 13.6 Å². The first-order valence-corrected chi connectivity index (χ1v) is 10.0. The van der Waals surface area contributed by atoms with Crippen LogP contribution in [0.5, 0.6) is 0 Å². The van der Waals surface area contributed by atoms with Crippen LogP contribution >= 0.6 is 0 Å². The zero-order chi connectivity index (χ0) is 21.5. The average Bonchev–Trinajstić information content (AvgIpc) is 3.04. The standard InChI is InChI=1S/C23H24F2N4O/c1-28(2)23(17-6-4-3-5-7-17)10-8-22(9-11-23)15-29(21(30)27-22)20-18(24)12-16(14-26)13-19(20)25/h3-7,12-13H,8-11,15H2,1-2H3,(H,27,30)/t22-,23-. The lowest BCUT2D eigenvalue weighted by molar-refractivity contribution is 0.0657. The largest absolute Gasteiger partial charge is 0.330 e. The number of benzene rings is 2. The lowest BCUT2D eigenvalue weighted by Crippen LogP contribution is -2.54. The molecular formula is C23H24F2N4O. The second-order valence-corrected chi connectivity index (χ2v) is 8.49. The minimum Gasteiger partial charge on any atom is -0.330 e. The van der Waals surface area contributed by atoms with Crippen molar-refractivity contribution in [3.8, 4) is 6.07 Å². The molecule has 0 unspecified atom stereocenters. The SMILES string of the molecule is CN(C)[C@]1(c2ccccc2)CC[C@@]2(CC1)CN(c1c(F)cc(C#N)cc1F)C(=O)N2. The zero-order valence-corrected chi connectivity index (χ0v) is 17.1. The number of nitrogens with one attached hydrogen (secondary N) is 1. The Morgan fingerprint density at radius 1 is 1.07 bits per heavy atom. The lowest BCUT2D eigenvalue weighted by Gasteiger charge is -2.48. The van der Waals surface area contributed by atoms with Gasteiger partial charge in [0, 0.05) is 5.54 Å². The van der Waals surface area contributed by atoms with E-state index in [2.05, 4.69) is 36.4 Å². The Kier molecular flexibility index (Phi) is 4.99. The maximum atomic E-state index is 14.5. The van der Waals surface area contributed by atoms with Crippen molar-refractivity contribution in [1.82, 2.24) is 10.2 Å². The summed E-state index contributed by atoms with van der Waals surface area (Å²) in [5.74, 6) is -1.80. The molecule has 1 saturated heterocycles. The normalized spacial score (nSPS) is 26.1. The molecule has 156 valence electrons. The number of carbonyl (C=O) groups excluding carboxylic acids is 1. The molecule has 1 N–H and O–H groups in total. The van der Waals surface area contributed by atoms with Crippen LogP contribution in [-0.4, -0.2) is 37.1 Å². The second kappa shape index (κ2) is 7.37. The first-order chi connectivity index (χ1) is 14.3. The third kappa shape index (κ3) is 3.21. The number of nitriles is 1. The van der Waals surface area contributed by atoms with Crippen molar-refractivity contribution in [1.29, 1.82) is 5.26 Å². The van der Waals surface area contributed by atoms with Crippen LogP contribution in [0.2, 0.25) is 0 Å². The number of hydrogen-bond acceptors (Lipinski definition) is 3. The molecule has 5 nitrogen and oxygen atoms in total. The van der Waals surface area contributed by atoms with E-state index in [-0.39, 0.29) is 17.6 Å². The van der Waals surface area contributed by atoms with Gasteiger partial charge < -0.3 is 5.32 Å². The van der Waals surface area contributed by atoms with Crippen molar-refractivity contribution in [2.45, 2.75) is 36.8 Å². The summed E-state index contributed by atoms with van der Waals surface area (Å²) in [4.78, 5) is 16.0. The number of halogens is 2. The summed E-state index contributed by atoms with van der Waals surface area (Å²) in [6, 6.07) is 13.4. The number of nitrogens with zero attached hydrogens (tertiary/aromatic N) is 3. The van der Waals surface area contributed by atoms with E-state index in [1.165, 1.54) is 5.56 Å². The molecule has 2 aromatic carbocycles. The van der Waals surface area contributed by atoms with E-state index in [0.717, 1.165) is 29.9 Å². The van der Waals surface area contributed by atoms with Crippen LogP contribution in [0.3, 0.4) is 0 Å². The van der Waals surface area contributed by atoms with E-state index in [1.807, 2.05) is 18.2 Å². The smallest absolute Gasteiger partial charge is 0.322 e. The quantitative estimate of drug-likeness (QED) is 0.828. The highest BCUT2D eigenvalue weighted by atomic mass is 19.1. The molecule has 4 rings (SSSR count). The van der Waals surface area contributed by atoms with Gasteiger partial charge in [0.1, 0.15) is 5.69 Å². The number of urea groups is 1. The van der Waals surface area contributed by atoms with Crippen LogP contribution in [0.15, 0.2) is 42.5 Å². The van der Waals surface area contributed by atoms with E-state index < -0.39 is 28.9 Å². The Labute approximate surface area is 174 Å². The van der Waals surface area contributed by atoms with Crippen molar-refractivity contribution in [2.75, 3.05) is 25.5 Å². The van der Waals surface area contributed by atoms with E-state index in [4.69, 9.17) is 5.26 Å². The van der Waals surface area contributed by atoms with Gasteiger partial charge in [-0.2, -0.15) is 5.26 Å². The first kappa shape index (κ1) is 20.3. The fourth-order valence-electron chi connectivity index (χ4n) is 4.94. The summed E-state index contributed by atoms with van der Waals surface area (Å²) in [5.41, 5.74) is 0.0544. The van der Waals surface area contributed by atoms with Gasteiger partial charge in [0.2, 0.25) is 0 Å². The summed E-state index contributed by atoms with van der Waals surface area (Å²) in [6.07, 6.45) is 3.02. The number of rotatable bonds is 3. The predicted octanol–water partition coefficient (Wildman–Crippen LogP) is 4.14. The van der Waals surface area contributed by atoms with Crippen molar-refractivity contribution < 1.29 is 13.6 Å². The molecule has 2 fully saturated rings.